The van der Waals surface area contributed by atoms with Crippen LogP contribution in [0.4, 0.5) is 0 Å². The van der Waals surface area contributed by atoms with E-state index >= 15 is 0 Å². The molecule has 2 N–H and O–H groups in total. The Morgan fingerprint density at radius 3 is 2.45 bits per heavy atom. The van der Waals surface area contributed by atoms with E-state index in [0.29, 0.717) is 0 Å². The van der Waals surface area contributed by atoms with Crippen LogP contribution in [0.5, 0.6) is 0 Å². The molecule has 0 saturated heterocycles. The molecule has 0 aromatic rings. The molecule has 66 valence electrons. The number of rotatable bonds is 3. The van der Waals surface area contributed by atoms with Crippen molar-refractivity contribution in [3.63, 3.8) is 0 Å². The summed E-state index contributed by atoms with van der Waals surface area (Å²) in [6.45, 7) is -2.52. The molecule has 0 aromatic heterocycles. The largest absolute Gasteiger partial charge is 0.462 e. The average Bonchev–Trinajstić information content (AvgIpc) is 2.08. The van der Waals surface area contributed by atoms with Crippen LogP contribution in [0.3, 0.4) is 0 Å². The van der Waals surface area contributed by atoms with Gasteiger partial charge in [0.1, 0.15) is 6.04 Å². The molecule has 0 rings (SSSR count). The molecular formula is C8H17NO2. The van der Waals surface area contributed by atoms with Crippen molar-refractivity contribution in [2.75, 3.05) is 0 Å². The van der Waals surface area contributed by atoms with E-state index < -0.39 is 31.8 Å². The van der Waals surface area contributed by atoms with Crippen molar-refractivity contribution in [1.82, 2.24) is 0 Å². The lowest BCUT2D eigenvalue weighted by atomic mass is 10.1. The van der Waals surface area contributed by atoms with Crippen LogP contribution in [-0.4, -0.2) is 18.1 Å². The Balaban J connectivity index is 4.86. The fourth-order valence-corrected chi connectivity index (χ4v) is 0.467. The number of hydrogen-bond acceptors (Lipinski definition) is 3. The molecule has 0 aliphatic rings. The highest BCUT2D eigenvalue weighted by Gasteiger charge is 2.19. The monoisotopic (exact) mass is 165 g/mol. The van der Waals surface area contributed by atoms with Gasteiger partial charge in [0, 0.05) is 8.22 Å². The van der Waals surface area contributed by atoms with Gasteiger partial charge in [-0.15, -0.1) is 0 Å². The molecule has 0 amide bonds. The molecule has 11 heavy (non-hydrogen) atoms. The average molecular weight is 165 g/mol. The number of nitrogens with two attached hydrogens (primary N) is 1. The summed E-state index contributed by atoms with van der Waals surface area (Å²) >= 11 is 0. The minimum absolute atomic E-state index is 0.267. The number of ether oxygens (including phenoxy) is 1. The first-order valence-corrected chi connectivity index (χ1v) is 3.33. The van der Waals surface area contributed by atoms with Crippen LogP contribution < -0.4 is 5.73 Å². The lowest BCUT2D eigenvalue weighted by Gasteiger charge is -2.16. The molecule has 0 aromatic carbocycles. The molecular weight excluding hydrogens is 142 g/mol. The van der Waals surface area contributed by atoms with Crippen LogP contribution in [0.15, 0.2) is 0 Å². The zero-order valence-corrected chi connectivity index (χ0v) is 6.63. The smallest absolute Gasteiger partial charge is 0.323 e. The number of hydrogen-bond donors (Lipinski definition) is 1. The maximum Gasteiger partial charge on any atom is 0.323 e. The van der Waals surface area contributed by atoms with E-state index in [1.807, 2.05) is 0 Å². The maximum absolute atomic E-state index is 11.4. The standard InChI is InChI=1S/C8H17NO2/c1-5(2)7(9)8(10)11-6(3)4/h5-7H,9H2,1-4H3/t7-/m0/s1/i3D3,4D3. The predicted molar refractivity (Wildman–Crippen MR) is 44.0 cm³/mol. The summed E-state index contributed by atoms with van der Waals surface area (Å²) in [6.07, 6.45) is -2.15. The molecule has 0 heterocycles. The van der Waals surface area contributed by atoms with Gasteiger partial charge in [-0.3, -0.25) is 4.79 Å². The SMILES string of the molecule is [2H]C([2H])([2H])C(OC(=O)[C@@H](N)C(C)C)C([2H])([2H])[2H]. The van der Waals surface area contributed by atoms with Gasteiger partial charge in [0.15, 0.2) is 0 Å². The van der Waals surface area contributed by atoms with Crippen molar-refractivity contribution in [3.8, 4) is 0 Å². The highest BCUT2D eigenvalue weighted by Crippen LogP contribution is 2.02. The summed E-state index contributed by atoms with van der Waals surface area (Å²) in [7, 11) is 0. The van der Waals surface area contributed by atoms with Crippen LogP contribution in [0, 0.1) is 5.92 Å². The molecule has 0 bridgehead atoms. The van der Waals surface area contributed by atoms with E-state index in [4.69, 9.17) is 14.0 Å². The highest BCUT2D eigenvalue weighted by atomic mass is 16.5. The van der Waals surface area contributed by atoms with Gasteiger partial charge in [-0.25, -0.2) is 0 Å². The third kappa shape index (κ3) is 3.98. The van der Waals surface area contributed by atoms with Crippen molar-refractivity contribution < 1.29 is 17.8 Å². The van der Waals surface area contributed by atoms with E-state index in [-0.39, 0.29) is 5.92 Å². The van der Waals surface area contributed by atoms with Crippen LogP contribution in [0.1, 0.15) is 35.8 Å². The molecule has 1 atom stereocenters. The van der Waals surface area contributed by atoms with E-state index in [9.17, 15) is 4.79 Å². The second kappa shape index (κ2) is 4.34. The summed E-state index contributed by atoms with van der Waals surface area (Å²) in [5.74, 6) is -1.28. The van der Waals surface area contributed by atoms with Gasteiger partial charge in [-0.1, -0.05) is 13.8 Å². The minimum atomic E-state index is -2.91. The summed E-state index contributed by atoms with van der Waals surface area (Å²) in [6, 6.07) is -1.04. The first kappa shape index (κ1) is 3.90. The summed E-state index contributed by atoms with van der Waals surface area (Å²) in [5, 5.41) is 0. The van der Waals surface area contributed by atoms with Gasteiger partial charge in [-0.05, 0) is 19.6 Å². The Morgan fingerprint density at radius 2 is 2.09 bits per heavy atom. The first-order valence-electron chi connectivity index (χ1n) is 6.33. The molecule has 3 heteroatoms. The maximum atomic E-state index is 11.4. The van der Waals surface area contributed by atoms with Gasteiger partial charge < -0.3 is 10.5 Å². The number of carbonyl (C=O) groups excluding carboxylic acids is 1. The van der Waals surface area contributed by atoms with Gasteiger partial charge in [0.25, 0.3) is 0 Å². The lowest BCUT2D eigenvalue weighted by Crippen LogP contribution is -2.38. The Kier molecular flexibility index (Phi) is 1.54. The van der Waals surface area contributed by atoms with Crippen LogP contribution >= 0.6 is 0 Å². The second-order valence-corrected chi connectivity index (χ2v) is 2.59. The summed E-state index contributed by atoms with van der Waals surface area (Å²) in [5.41, 5.74) is 5.45. The Morgan fingerprint density at radius 1 is 1.55 bits per heavy atom. The van der Waals surface area contributed by atoms with E-state index in [0.717, 1.165) is 0 Å². The van der Waals surface area contributed by atoms with E-state index in [1.165, 1.54) is 0 Å². The highest BCUT2D eigenvalue weighted by molar-refractivity contribution is 5.75. The fourth-order valence-electron chi connectivity index (χ4n) is 0.467. The van der Waals surface area contributed by atoms with Crippen molar-refractivity contribution in [3.05, 3.63) is 0 Å². The molecule has 0 aliphatic carbocycles. The van der Waals surface area contributed by atoms with Crippen molar-refractivity contribution >= 4 is 5.97 Å². The molecule has 0 fully saturated rings. The van der Waals surface area contributed by atoms with E-state index in [2.05, 4.69) is 4.74 Å². The first-order chi connectivity index (χ1) is 7.37. The van der Waals surface area contributed by atoms with Gasteiger partial charge >= 0.3 is 5.97 Å². The van der Waals surface area contributed by atoms with Crippen LogP contribution in [0.25, 0.3) is 0 Å². The third-order valence-corrected chi connectivity index (χ3v) is 1.22. The predicted octanol–water partition coefficient (Wildman–Crippen LogP) is 0.921. The van der Waals surface area contributed by atoms with Gasteiger partial charge in [0.2, 0.25) is 0 Å². The lowest BCUT2D eigenvalue weighted by molar-refractivity contribution is -0.150. The normalized spacial score (nSPS) is 24.1. The Labute approximate surface area is 76.3 Å². The Bertz CT molecular complexity index is 258. The van der Waals surface area contributed by atoms with Crippen molar-refractivity contribution in [2.24, 2.45) is 11.7 Å². The number of carbonyl (C=O) groups is 1. The summed E-state index contributed by atoms with van der Waals surface area (Å²) in [4.78, 5) is 11.4. The summed E-state index contributed by atoms with van der Waals surface area (Å²) < 4.78 is 46.8. The molecule has 0 unspecified atom stereocenters. The zero-order valence-electron chi connectivity index (χ0n) is 12.6. The van der Waals surface area contributed by atoms with Crippen molar-refractivity contribution in [2.45, 2.75) is 39.7 Å². The van der Waals surface area contributed by atoms with Gasteiger partial charge in [0.05, 0.1) is 6.10 Å². The zero-order chi connectivity index (χ0) is 14.0. The molecule has 0 saturated carbocycles. The van der Waals surface area contributed by atoms with Crippen molar-refractivity contribution in [1.29, 1.82) is 0 Å². The second-order valence-electron chi connectivity index (χ2n) is 2.59. The van der Waals surface area contributed by atoms with Gasteiger partial charge in [-0.2, -0.15) is 0 Å². The Hall–Kier alpha value is -0.570. The molecule has 0 spiro atoms. The minimum Gasteiger partial charge on any atom is -0.462 e. The molecule has 0 aliphatic heterocycles. The molecule has 0 radical (unpaired) electrons. The van der Waals surface area contributed by atoms with Crippen LogP contribution in [0.2, 0.25) is 0 Å². The third-order valence-electron chi connectivity index (χ3n) is 1.22. The molecule has 3 nitrogen and oxygen atoms in total. The number of esters is 1. The fraction of sp³-hybridized carbons (Fsp3) is 0.875. The van der Waals surface area contributed by atoms with E-state index in [1.54, 1.807) is 13.8 Å². The topological polar surface area (TPSA) is 52.3 Å². The van der Waals surface area contributed by atoms with Crippen LogP contribution in [-0.2, 0) is 9.53 Å². The quantitative estimate of drug-likeness (QED) is 0.633.